The quantitative estimate of drug-likeness (QED) is 0.0607. The molecule has 0 bridgehead atoms. The predicted octanol–water partition coefficient (Wildman–Crippen LogP) is 5.86. The van der Waals surface area contributed by atoms with Crippen LogP contribution in [-0.2, 0) is 22.6 Å². The third-order valence-electron chi connectivity index (χ3n) is 11.6. The van der Waals surface area contributed by atoms with Crippen molar-refractivity contribution >= 4 is 56.5 Å². The fourth-order valence-corrected chi connectivity index (χ4v) is 8.01. The lowest BCUT2D eigenvalue weighted by Crippen LogP contribution is -2.33. The van der Waals surface area contributed by atoms with Gasteiger partial charge in [0.25, 0.3) is 23.6 Å². The summed E-state index contributed by atoms with van der Waals surface area (Å²) in [5, 5.41) is 36.7. The highest BCUT2D eigenvalue weighted by molar-refractivity contribution is 6.16. The summed E-state index contributed by atoms with van der Waals surface area (Å²) in [5.41, 5.74) is 3.86. The van der Waals surface area contributed by atoms with Gasteiger partial charge >= 0.3 is 0 Å². The Labute approximate surface area is 377 Å². The number of benzene rings is 4. The fraction of sp³-hybridized carbons (Fsp3) is 0.320. The van der Waals surface area contributed by atoms with Gasteiger partial charge in [-0.2, -0.15) is 0 Å². The van der Waals surface area contributed by atoms with Crippen molar-refractivity contribution in [3.8, 4) is 0 Å². The number of hydrogen-bond acceptors (Lipinski definition) is 11. The third kappa shape index (κ3) is 12.1. The average Bonchev–Trinajstić information content (AvgIpc) is 3.35. The molecule has 15 nitrogen and oxygen atoms in total. The molecule has 0 saturated carbocycles. The van der Waals surface area contributed by atoms with Crippen LogP contribution in [0.3, 0.4) is 0 Å². The largest absolute Gasteiger partial charge is 0.395 e. The number of aromatic nitrogens is 2. The van der Waals surface area contributed by atoms with Gasteiger partial charge < -0.3 is 46.3 Å². The second kappa shape index (κ2) is 23.4. The predicted molar refractivity (Wildman–Crippen MR) is 249 cm³/mol. The van der Waals surface area contributed by atoms with Crippen molar-refractivity contribution < 1.29 is 38.9 Å². The smallest absolute Gasteiger partial charge is 0.272 e. The summed E-state index contributed by atoms with van der Waals surface area (Å²) in [6.45, 7) is 5.02. The van der Waals surface area contributed by atoms with Crippen molar-refractivity contribution in [1.29, 1.82) is 0 Å². The van der Waals surface area contributed by atoms with Gasteiger partial charge in [-0.15, -0.1) is 0 Å². The first kappa shape index (κ1) is 46.4. The van der Waals surface area contributed by atoms with Crippen molar-refractivity contribution in [1.82, 2.24) is 25.9 Å². The zero-order valence-corrected chi connectivity index (χ0v) is 36.2. The lowest BCUT2D eigenvalue weighted by Gasteiger charge is -2.22. The molecule has 4 aromatic carbocycles. The van der Waals surface area contributed by atoms with Crippen molar-refractivity contribution in [3.05, 3.63) is 143 Å². The summed E-state index contributed by atoms with van der Waals surface area (Å²) in [4.78, 5) is 60.3. The van der Waals surface area contributed by atoms with E-state index in [4.69, 9.17) is 14.6 Å². The van der Waals surface area contributed by atoms with Crippen LogP contribution in [0.2, 0.25) is 0 Å². The highest BCUT2D eigenvalue weighted by atomic mass is 16.5. The molecule has 2 saturated heterocycles. The van der Waals surface area contributed by atoms with Gasteiger partial charge in [0, 0.05) is 76.1 Å². The number of nitrogens with one attached hydrogen (secondary N) is 5. The maximum Gasteiger partial charge on any atom is 0.272 e. The number of pyridine rings is 2. The number of hydrogen-bond donors (Lipinski definition) is 7. The van der Waals surface area contributed by atoms with Crippen LogP contribution in [0.1, 0.15) is 78.5 Å². The highest BCUT2D eigenvalue weighted by Crippen LogP contribution is 2.27. The van der Waals surface area contributed by atoms with E-state index in [1.807, 2.05) is 54.6 Å². The van der Waals surface area contributed by atoms with Gasteiger partial charge in [0.05, 0.1) is 24.6 Å². The molecule has 0 spiro atoms. The Bertz CT molecular complexity index is 2590. The molecule has 2 aliphatic rings. The van der Waals surface area contributed by atoms with E-state index < -0.39 is 0 Å². The van der Waals surface area contributed by atoms with Gasteiger partial charge in [0.2, 0.25) is 0 Å². The molecule has 2 fully saturated rings. The highest BCUT2D eigenvalue weighted by Gasteiger charge is 2.22. The van der Waals surface area contributed by atoms with Crippen LogP contribution >= 0.6 is 0 Å². The first-order chi connectivity index (χ1) is 31.8. The molecule has 2 aliphatic heterocycles. The van der Waals surface area contributed by atoms with E-state index in [-0.39, 0.29) is 48.2 Å². The number of nitrogens with zero attached hydrogens (tertiary/aromatic N) is 2. The van der Waals surface area contributed by atoms with Crippen LogP contribution < -0.4 is 26.6 Å². The van der Waals surface area contributed by atoms with Crippen LogP contribution in [0.4, 0.5) is 11.4 Å². The Morgan fingerprint density at radius 1 is 0.538 bits per heavy atom. The van der Waals surface area contributed by atoms with Crippen molar-refractivity contribution in [2.24, 2.45) is 11.8 Å². The summed E-state index contributed by atoms with van der Waals surface area (Å²) in [7, 11) is 0. The molecule has 2 aromatic heterocycles. The molecule has 0 aliphatic carbocycles. The lowest BCUT2D eigenvalue weighted by atomic mass is 9.98. The number of carbonyl (C=O) groups is 4. The van der Waals surface area contributed by atoms with Gasteiger partial charge in [-0.05, 0) is 107 Å². The molecule has 338 valence electrons. The van der Waals surface area contributed by atoms with E-state index in [9.17, 15) is 24.3 Å². The number of carbonyl (C=O) groups excluding carboxylic acids is 4. The molecule has 0 radical (unpaired) electrons. The normalized spacial score (nSPS) is 14.2. The van der Waals surface area contributed by atoms with Crippen LogP contribution in [0.25, 0.3) is 21.5 Å². The maximum atomic E-state index is 13.2. The van der Waals surface area contributed by atoms with Crippen LogP contribution in [-0.4, -0.2) is 96.5 Å². The first-order valence-corrected chi connectivity index (χ1v) is 22.0. The Morgan fingerprint density at radius 3 is 1.45 bits per heavy atom. The third-order valence-corrected chi connectivity index (χ3v) is 11.6. The molecule has 15 heteroatoms. The Morgan fingerprint density at radius 2 is 0.985 bits per heavy atom. The van der Waals surface area contributed by atoms with Crippen molar-refractivity contribution in [3.63, 3.8) is 0 Å². The number of rotatable bonds is 15. The van der Waals surface area contributed by atoms with Crippen molar-refractivity contribution in [2.45, 2.75) is 38.8 Å². The van der Waals surface area contributed by atoms with Gasteiger partial charge in [-0.1, -0.05) is 60.7 Å². The molecule has 6 aromatic rings. The summed E-state index contributed by atoms with van der Waals surface area (Å²) >= 11 is 0. The lowest BCUT2D eigenvalue weighted by molar-refractivity contribution is 0.0642. The molecular formula is C50H55N7O8. The minimum atomic E-state index is -0.341. The van der Waals surface area contributed by atoms with Crippen LogP contribution in [0.15, 0.2) is 109 Å². The average molecular weight is 882 g/mol. The van der Waals surface area contributed by atoms with Crippen LogP contribution in [0, 0.1) is 11.8 Å². The monoisotopic (exact) mass is 881 g/mol. The van der Waals surface area contributed by atoms with Gasteiger partial charge in [0.15, 0.2) is 11.4 Å². The van der Waals surface area contributed by atoms with Crippen LogP contribution in [0.5, 0.6) is 0 Å². The molecule has 0 unspecified atom stereocenters. The van der Waals surface area contributed by atoms with E-state index in [0.717, 1.165) is 71.6 Å². The zero-order valence-electron chi connectivity index (χ0n) is 36.2. The minimum absolute atomic E-state index is 0.0640. The molecule has 4 heterocycles. The summed E-state index contributed by atoms with van der Waals surface area (Å²) in [6, 6.07) is 29.0. The second-order valence-corrected chi connectivity index (χ2v) is 15.9. The number of aliphatic hydroxyl groups excluding tert-OH is 2. The Hall–Kier alpha value is -6.62. The molecule has 4 amide bonds. The minimum Gasteiger partial charge on any atom is -0.395 e. The van der Waals surface area contributed by atoms with E-state index in [1.165, 1.54) is 6.20 Å². The summed E-state index contributed by atoms with van der Waals surface area (Å²) in [6.07, 6.45) is 6.76. The Kier molecular flexibility index (Phi) is 16.7. The first-order valence-electron chi connectivity index (χ1n) is 22.0. The number of aliphatic hydroxyl groups is 2. The molecule has 7 N–H and O–H groups in total. The summed E-state index contributed by atoms with van der Waals surface area (Å²) in [5.74, 6) is -0.503. The fourth-order valence-electron chi connectivity index (χ4n) is 8.01. The number of amides is 4. The molecule has 8 rings (SSSR count). The number of ether oxygens (including phenoxy) is 2. The maximum absolute atomic E-state index is 13.2. The Balaban J connectivity index is 0.000000195. The van der Waals surface area contributed by atoms with E-state index in [0.29, 0.717) is 73.7 Å². The standard InChI is InChI=1S/C26H30N4O4.C24H25N3O4/c31-13-12-27-17-19-7-8-22(21-5-2-1-4-20(19)21)25(32)30-23-6-3-11-28-24(23)26(33)29-16-18-9-14-34-15-10-18;28-15-17-7-8-20(19-5-2-1-4-18(17)19)23(29)27-21-6-3-11-25-22(21)24(30)26-14-16-9-12-31-13-10-16/h1-8,11,18,27,31H,9-10,12-17H2,(H,29,33)(H,30,32);1-8,11,16,28H,9-10,12-15H2,(H,26,30)(H,27,29). The van der Waals surface area contributed by atoms with E-state index >= 15 is 0 Å². The molecule has 0 atom stereocenters. The molecule has 65 heavy (non-hydrogen) atoms. The van der Waals surface area contributed by atoms with Gasteiger partial charge in [-0.3, -0.25) is 19.2 Å². The van der Waals surface area contributed by atoms with E-state index in [1.54, 1.807) is 48.7 Å². The van der Waals surface area contributed by atoms with Gasteiger partial charge in [0.1, 0.15) is 0 Å². The second-order valence-electron chi connectivity index (χ2n) is 15.9. The van der Waals surface area contributed by atoms with Crippen molar-refractivity contribution in [2.75, 3.05) is 63.3 Å². The zero-order chi connectivity index (χ0) is 45.4. The SMILES string of the molecule is O=C(NCC1CCOCC1)c1ncccc1NC(=O)c1ccc(CNCCO)c2ccccc12.O=C(NCC1CCOCC1)c1ncccc1NC(=O)c1ccc(CO)c2ccccc12. The topological polar surface area (TPSA) is 213 Å². The summed E-state index contributed by atoms with van der Waals surface area (Å²) < 4.78 is 10.7. The molecular weight excluding hydrogens is 827 g/mol. The number of fused-ring (bicyclic) bond motifs is 2. The number of anilines is 2. The van der Waals surface area contributed by atoms with Gasteiger partial charge in [-0.25, -0.2) is 9.97 Å². The van der Waals surface area contributed by atoms with E-state index in [2.05, 4.69) is 36.6 Å².